The van der Waals surface area contributed by atoms with Crippen molar-refractivity contribution in [2.45, 2.75) is 18.9 Å². The largest absolute Gasteiger partial charge is 0.493 e. The Morgan fingerprint density at radius 2 is 1.78 bits per heavy atom. The monoisotopic (exact) mass is 343 g/mol. The summed E-state index contributed by atoms with van der Waals surface area (Å²) >= 11 is 0. The van der Waals surface area contributed by atoms with Gasteiger partial charge in [0, 0.05) is 6.04 Å². The molecule has 1 aliphatic heterocycles. The summed E-state index contributed by atoms with van der Waals surface area (Å²) in [6.45, 7) is 0. The topological polar surface area (TPSA) is 90.9 Å². The zero-order valence-electron chi connectivity index (χ0n) is 13.4. The van der Waals surface area contributed by atoms with Gasteiger partial charge in [0.25, 0.3) is 0 Å². The number of carbonyl (C=O) groups is 1. The van der Waals surface area contributed by atoms with Crippen LogP contribution in [0.3, 0.4) is 0 Å². The number of hydrogen-bond donors (Lipinski definition) is 1. The average molecular weight is 343 g/mol. The first-order valence-corrected chi connectivity index (χ1v) is 8.99. The van der Waals surface area contributed by atoms with Crippen LogP contribution in [-0.2, 0) is 21.1 Å². The Labute approximate surface area is 135 Å². The van der Waals surface area contributed by atoms with E-state index >= 15 is 0 Å². The van der Waals surface area contributed by atoms with E-state index in [-0.39, 0.29) is 29.9 Å². The molecule has 1 N–H and O–H groups in total. The van der Waals surface area contributed by atoms with Crippen LogP contribution in [0.1, 0.15) is 12.0 Å². The first-order valence-electron chi connectivity index (χ1n) is 7.17. The van der Waals surface area contributed by atoms with Crippen LogP contribution in [0.5, 0.6) is 17.2 Å². The van der Waals surface area contributed by atoms with Gasteiger partial charge >= 0.3 is 0 Å². The number of nitrogens with one attached hydrogen (secondary N) is 1. The van der Waals surface area contributed by atoms with Crippen molar-refractivity contribution >= 4 is 15.7 Å². The van der Waals surface area contributed by atoms with Crippen LogP contribution in [0, 0.1) is 0 Å². The molecule has 0 unspecified atom stereocenters. The van der Waals surface area contributed by atoms with Gasteiger partial charge in [0.2, 0.25) is 11.7 Å². The lowest BCUT2D eigenvalue weighted by Crippen LogP contribution is -2.36. The summed E-state index contributed by atoms with van der Waals surface area (Å²) in [6, 6.07) is 3.09. The molecule has 23 heavy (non-hydrogen) atoms. The van der Waals surface area contributed by atoms with Crippen molar-refractivity contribution < 1.29 is 27.4 Å². The maximum atomic E-state index is 12.1. The molecule has 8 heteroatoms. The van der Waals surface area contributed by atoms with E-state index in [1.807, 2.05) is 0 Å². The second kappa shape index (κ2) is 7.08. The first kappa shape index (κ1) is 17.4. The maximum absolute atomic E-state index is 12.1. The van der Waals surface area contributed by atoms with Gasteiger partial charge in [-0.15, -0.1) is 0 Å². The number of ether oxygens (including phenoxy) is 3. The fraction of sp³-hybridized carbons (Fsp3) is 0.533. The number of rotatable bonds is 6. The summed E-state index contributed by atoms with van der Waals surface area (Å²) in [4.78, 5) is 12.1. The van der Waals surface area contributed by atoms with Crippen molar-refractivity contribution in [2.75, 3.05) is 32.8 Å². The van der Waals surface area contributed by atoms with E-state index in [9.17, 15) is 13.2 Å². The van der Waals surface area contributed by atoms with Crippen molar-refractivity contribution in [1.29, 1.82) is 0 Å². The molecule has 1 aromatic rings. The molecule has 0 bridgehead atoms. The normalized spacial score (nSPS) is 19.2. The minimum atomic E-state index is -3.02. The Balaban J connectivity index is 2.09. The van der Waals surface area contributed by atoms with E-state index in [1.54, 1.807) is 12.1 Å². The molecule has 7 nitrogen and oxygen atoms in total. The summed E-state index contributed by atoms with van der Waals surface area (Å²) < 4.78 is 38.6. The van der Waals surface area contributed by atoms with Crippen LogP contribution in [0.4, 0.5) is 0 Å². The van der Waals surface area contributed by atoms with Crippen molar-refractivity contribution in [3.63, 3.8) is 0 Å². The van der Waals surface area contributed by atoms with Gasteiger partial charge in [0.1, 0.15) is 0 Å². The summed E-state index contributed by atoms with van der Waals surface area (Å²) in [5.41, 5.74) is 0.692. The van der Waals surface area contributed by atoms with Gasteiger partial charge in [0.15, 0.2) is 21.3 Å². The Morgan fingerprint density at radius 3 is 2.22 bits per heavy atom. The highest BCUT2D eigenvalue weighted by molar-refractivity contribution is 7.91. The first-order chi connectivity index (χ1) is 10.9. The highest BCUT2D eigenvalue weighted by Crippen LogP contribution is 2.38. The van der Waals surface area contributed by atoms with E-state index in [0.29, 0.717) is 29.2 Å². The lowest BCUT2D eigenvalue weighted by molar-refractivity contribution is -0.121. The maximum Gasteiger partial charge on any atom is 0.224 e. The van der Waals surface area contributed by atoms with Crippen LogP contribution in [0.2, 0.25) is 0 Å². The number of amides is 1. The second-order valence-electron chi connectivity index (χ2n) is 5.38. The minimum Gasteiger partial charge on any atom is -0.493 e. The van der Waals surface area contributed by atoms with E-state index in [1.165, 1.54) is 21.3 Å². The zero-order valence-corrected chi connectivity index (χ0v) is 14.2. The number of hydrogen-bond acceptors (Lipinski definition) is 6. The predicted molar refractivity (Wildman–Crippen MR) is 85.0 cm³/mol. The number of benzene rings is 1. The summed E-state index contributed by atoms with van der Waals surface area (Å²) in [7, 11) is 1.50. The molecule has 1 fully saturated rings. The van der Waals surface area contributed by atoms with Gasteiger partial charge in [-0.2, -0.15) is 0 Å². The predicted octanol–water partition coefficient (Wildman–Crippen LogP) is 0.558. The molecular formula is C15H21NO6S. The quantitative estimate of drug-likeness (QED) is 0.811. The molecule has 1 atom stereocenters. The van der Waals surface area contributed by atoms with Crippen LogP contribution in [0.15, 0.2) is 12.1 Å². The third kappa shape index (κ3) is 4.28. The average Bonchev–Trinajstić information content (AvgIpc) is 2.84. The van der Waals surface area contributed by atoms with Crippen LogP contribution in [0.25, 0.3) is 0 Å². The summed E-state index contributed by atoms with van der Waals surface area (Å²) in [6.07, 6.45) is 0.566. The molecule has 0 aliphatic carbocycles. The molecule has 1 amide bonds. The molecule has 1 aromatic carbocycles. The molecule has 0 radical (unpaired) electrons. The third-order valence-corrected chi connectivity index (χ3v) is 5.45. The minimum absolute atomic E-state index is 0.00793. The van der Waals surface area contributed by atoms with Gasteiger partial charge in [-0.25, -0.2) is 8.42 Å². The molecular weight excluding hydrogens is 322 g/mol. The number of methoxy groups -OCH3 is 3. The molecule has 1 heterocycles. The third-order valence-electron chi connectivity index (χ3n) is 3.69. The van der Waals surface area contributed by atoms with Gasteiger partial charge in [0.05, 0.1) is 39.3 Å². The van der Waals surface area contributed by atoms with E-state index in [2.05, 4.69) is 5.32 Å². The highest BCUT2D eigenvalue weighted by atomic mass is 32.2. The van der Waals surface area contributed by atoms with Gasteiger partial charge in [-0.1, -0.05) is 0 Å². The van der Waals surface area contributed by atoms with Crippen molar-refractivity contribution in [2.24, 2.45) is 0 Å². The fourth-order valence-electron chi connectivity index (χ4n) is 2.61. The lowest BCUT2D eigenvalue weighted by atomic mass is 10.1. The van der Waals surface area contributed by atoms with E-state index in [4.69, 9.17) is 14.2 Å². The molecule has 1 saturated heterocycles. The van der Waals surface area contributed by atoms with Gasteiger partial charge in [-0.3, -0.25) is 4.79 Å². The zero-order chi connectivity index (χ0) is 17.0. The fourth-order valence-corrected chi connectivity index (χ4v) is 4.28. The standard InChI is InChI=1S/C15H21NO6S/c1-20-12-6-10(7-13(21-2)15(12)22-3)8-14(17)16-11-4-5-23(18,19)9-11/h6-7,11H,4-5,8-9H2,1-3H3,(H,16,17)/t11-/m0/s1. The summed E-state index contributed by atoms with van der Waals surface area (Å²) in [5, 5.41) is 2.76. The van der Waals surface area contributed by atoms with Crippen LogP contribution >= 0.6 is 0 Å². The molecule has 128 valence electrons. The van der Waals surface area contributed by atoms with E-state index in [0.717, 1.165) is 0 Å². The molecule has 0 saturated carbocycles. The Bertz CT molecular complexity index is 660. The number of sulfone groups is 1. The Kier molecular flexibility index (Phi) is 5.35. The molecule has 2 rings (SSSR count). The van der Waals surface area contributed by atoms with Crippen LogP contribution < -0.4 is 19.5 Å². The van der Waals surface area contributed by atoms with Crippen molar-refractivity contribution in [1.82, 2.24) is 5.32 Å². The summed E-state index contributed by atoms with van der Waals surface area (Å²) in [5.74, 6) is 1.30. The highest BCUT2D eigenvalue weighted by Gasteiger charge is 2.29. The van der Waals surface area contributed by atoms with Gasteiger partial charge < -0.3 is 19.5 Å². The van der Waals surface area contributed by atoms with Crippen molar-refractivity contribution in [3.8, 4) is 17.2 Å². The molecule has 1 aliphatic rings. The Morgan fingerprint density at radius 1 is 1.17 bits per heavy atom. The molecule has 0 spiro atoms. The van der Waals surface area contributed by atoms with Crippen molar-refractivity contribution in [3.05, 3.63) is 17.7 Å². The molecule has 0 aromatic heterocycles. The van der Waals surface area contributed by atoms with Crippen LogP contribution in [-0.4, -0.2) is 53.2 Å². The smallest absolute Gasteiger partial charge is 0.224 e. The second-order valence-corrected chi connectivity index (χ2v) is 7.61. The van der Waals surface area contributed by atoms with Gasteiger partial charge in [-0.05, 0) is 24.1 Å². The lowest BCUT2D eigenvalue weighted by Gasteiger charge is -2.15. The van der Waals surface area contributed by atoms with E-state index < -0.39 is 9.84 Å². The number of carbonyl (C=O) groups excluding carboxylic acids is 1. The SMILES string of the molecule is COc1cc(CC(=O)N[C@H]2CCS(=O)(=O)C2)cc(OC)c1OC. The Hall–Kier alpha value is -1.96.